The highest BCUT2D eigenvalue weighted by atomic mass is 35.5. The summed E-state index contributed by atoms with van der Waals surface area (Å²) in [6.07, 6.45) is 2.21. The molecule has 118 valence electrons. The molecule has 0 bridgehead atoms. The second-order valence-corrected chi connectivity index (χ2v) is 7.49. The van der Waals surface area contributed by atoms with Crippen LogP contribution in [-0.2, 0) is 6.54 Å². The molecule has 2 unspecified atom stereocenters. The maximum absolute atomic E-state index is 6.36. The van der Waals surface area contributed by atoms with Crippen molar-refractivity contribution in [1.82, 2.24) is 10.2 Å². The Hall–Kier alpha value is -0.280. The summed E-state index contributed by atoms with van der Waals surface area (Å²) >= 11 is 12.7. The van der Waals surface area contributed by atoms with E-state index in [0.29, 0.717) is 0 Å². The molecule has 1 N–H and O–H groups in total. The third-order valence-electron chi connectivity index (χ3n) is 5.15. The first-order valence-electron chi connectivity index (χ1n) is 7.76. The molecule has 0 aliphatic carbocycles. The molecule has 0 saturated carbocycles. The van der Waals surface area contributed by atoms with Crippen LogP contribution in [0.5, 0.6) is 0 Å². The zero-order valence-electron chi connectivity index (χ0n) is 13.5. The Balaban J connectivity index is 2.29. The molecule has 1 aromatic rings. The van der Waals surface area contributed by atoms with Crippen LogP contribution in [0.1, 0.15) is 46.1 Å². The molecule has 1 saturated heterocycles. The van der Waals surface area contributed by atoms with E-state index in [1.807, 2.05) is 18.2 Å². The van der Waals surface area contributed by atoms with Crippen LogP contribution >= 0.6 is 23.2 Å². The molecule has 2 rings (SSSR count). The average molecular weight is 329 g/mol. The van der Waals surface area contributed by atoms with Gasteiger partial charge in [0.2, 0.25) is 0 Å². The van der Waals surface area contributed by atoms with Crippen molar-refractivity contribution in [3.8, 4) is 0 Å². The molecule has 21 heavy (non-hydrogen) atoms. The molecule has 1 aliphatic rings. The van der Waals surface area contributed by atoms with E-state index in [9.17, 15) is 0 Å². The number of piperazine rings is 1. The van der Waals surface area contributed by atoms with Crippen molar-refractivity contribution in [2.45, 2.75) is 58.2 Å². The van der Waals surface area contributed by atoms with E-state index in [0.717, 1.165) is 48.1 Å². The third kappa shape index (κ3) is 3.56. The van der Waals surface area contributed by atoms with E-state index in [1.165, 1.54) is 0 Å². The monoisotopic (exact) mass is 328 g/mol. The predicted octanol–water partition coefficient (Wildman–Crippen LogP) is 4.74. The molecule has 1 aromatic carbocycles. The molecule has 1 fully saturated rings. The van der Waals surface area contributed by atoms with Crippen LogP contribution in [0.2, 0.25) is 10.0 Å². The minimum Gasteiger partial charge on any atom is -0.308 e. The highest BCUT2D eigenvalue weighted by Gasteiger charge is 2.41. The lowest BCUT2D eigenvalue weighted by Crippen LogP contribution is -2.67. The molecule has 0 radical (unpaired) electrons. The van der Waals surface area contributed by atoms with Crippen molar-refractivity contribution in [3.05, 3.63) is 33.8 Å². The van der Waals surface area contributed by atoms with Gasteiger partial charge in [0, 0.05) is 46.3 Å². The van der Waals surface area contributed by atoms with E-state index >= 15 is 0 Å². The smallest absolute Gasteiger partial charge is 0.0465 e. The summed E-state index contributed by atoms with van der Waals surface area (Å²) in [5.74, 6) is 0. The summed E-state index contributed by atoms with van der Waals surface area (Å²) in [6, 6.07) is 5.75. The van der Waals surface area contributed by atoms with Gasteiger partial charge >= 0.3 is 0 Å². The summed E-state index contributed by atoms with van der Waals surface area (Å²) in [4.78, 5) is 2.54. The SMILES string of the molecule is CCC1(C)CN(Cc2c(Cl)cccc2Cl)C(C)(CC)CN1. The van der Waals surface area contributed by atoms with Gasteiger partial charge in [-0.15, -0.1) is 0 Å². The fourth-order valence-electron chi connectivity index (χ4n) is 2.89. The van der Waals surface area contributed by atoms with Gasteiger partial charge in [-0.3, -0.25) is 4.90 Å². The van der Waals surface area contributed by atoms with Crippen LogP contribution in [0.3, 0.4) is 0 Å². The van der Waals surface area contributed by atoms with Gasteiger partial charge in [-0.25, -0.2) is 0 Å². The van der Waals surface area contributed by atoms with Gasteiger partial charge in [-0.1, -0.05) is 43.1 Å². The van der Waals surface area contributed by atoms with Gasteiger partial charge < -0.3 is 5.32 Å². The van der Waals surface area contributed by atoms with Crippen LogP contribution in [-0.4, -0.2) is 29.1 Å². The van der Waals surface area contributed by atoms with Crippen molar-refractivity contribution in [3.63, 3.8) is 0 Å². The molecular formula is C17H26Cl2N2. The molecule has 1 aliphatic heterocycles. The number of rotatable bonds is 4. The first-order chi connectivity index (χ1) is 9.83. The van der Waals surface area contributed by atoms with E-state index in [4.69, 9.17) is 23.2 Å². The second-order valence-electron chi connectivity index (χ2n) is 6.67. The van der Waals surface area contributed by atoms with E-state index in [2.05, 4.69) is 37.9 Å². The van der Waals surface area contributed by atoms with E-state index in [1.54, 1.807) is 0 Å². The Morgan fingerprint density at radius 1 is 1.14 bits per heavy atom. The lowest BCUT2D eigenvalue weighted by Gasteiger charge is -2.52. The van der Waals surface area contributed by atoms with Gasteiger partial charge in [0.25, 0.3) is 0 Å². The summed E-state index contributed by atoms with van der Waals surface area (Å²) in [6.45, 7) is 11.9. The minimum atomic E-state index is 0.136. The Labute approximate surface area is 138 Å². The Morgan fingerprint density at radius 2 is 1.76 bits per heavy atom. The number of nitrogens with zero attached hydrogens (tertiary/aromatic N) is 1. The molecule has 4 heteroatoms. The zero-order valence-corrected chi connectivity index (χ0v) is 15.0. The number of halogens is 2. The second kappa shape index (κ2) is 6.45. The molecule has 0 aromatic heterocycles. The first kappa shape index (κ1) is 17.1. The summed E-state index contributed by atoms with van der Waals surface area (Å²) < 4.78 is 0. The van der Waals surface area contributed by atoms with Crippen molar-refractivity contribution in [2.24, 2.45) is 0 Å². The molecule has 0 amide bonds. The normalized spacial score (nSPS) is 30.6. The lowest BCUT2D eigenvalue weighted by molar-refractivity contribution is 0.0105. The van der Waals surface area contributed by atoms with Crippen molar-refractivity contribution < 1.29 is 0 Å². The number of hydrogen-bond donors (Lipinski definition) is 1. The standard InChI is InChI=1S/C17H26Cl2N2/c1-5-16(3)12-21(17(4,6-2)11-20-16)10-13-14(18)8-7-9-15(13)19/h7-9,20H,5-6,10-12H2,1-4H3. The lowest BCUT2D eigenvalue weighted by atomic mass is 9.85. The van der Waals surface area contributed by atoms with Crippen molar-refractivity contribution >= 4 is 23.2 Å². The average Bonchev–Trinajstić information content (AvgIpc) is 2.47. The first-order valence-corrected chi connectivity index (χ1v) is 8.52. The van der Waals surface area contributed by atoms with Gasteiger partial charge in [0.1, 0.15) is 0 Å². The van der Waals surface area contributed by atoms with Crippen LogP contribution in [0.4, 0.5) is 0 Å². The largest absolute Gasteiger partial charge is 0.308 e. The maximum atomic E-state index is 6.36. The van der Waals surface area contributed by atoms with Gasteiger partial charge in [0.05, 0.1) is 0 Å². The van der Waals surface area contributed by atoms with Gasteiger partial charge in [-0.05, 0) is 38.8 Å². The Kier molecular flexibility index (Phi) is 5.25. The van der Waals surface area contributed by atoms with Crippen LogP contribution < -0.4 is 5.32 Å². The van der Waals surface area contributed by atoms with E-state index in [-0.39, 0.29) is 11.1 Å². The highest BCUT2D eigenvalue weighted by molar-refractivity contribution is 6.35. The predicted molar refractivity (Wildman–Crippen MR) is 92.3 cm³/mol. The van der Waals surface area contributed by atoms with Gasteiger partial charge in [-0.2, -0.15) is 0 Å². The molecule has 2 nitrogen and oxygen atoms in total. The van der Waals surface area contributed by atoms with Crippen molar-refractivity contribution in [1.29, 1.82) is 0 Å². The third-order valence-corrected chi connectivity index (χ3v) is 5.86. The molecule has 1 heterocycles. The van der Waals surface area contributed by atoms with E-state index < -0.39 is 0 Å². The Morgan fingerprint density at radius 3 is 2.29 bits per heavy atom. The molecular weight excluding hydrogens is 303 g/mol. The highest BCUT2D eigenvalue weighted by Crippen LogP contribution is 2.33. The minimum absolute atomic E-state index is 0.136. The number of hydrogen-bond acceptors (Lipinski definition) is 2. The Bertz CT molecular complexity index is 485. The maximum Gasteiger partial charge on any atom is 0.0465 e. The summed E-state index contributed by atoms with van der Waals surface area (Å²) in [5, 5.41) is 5.25. The van der Waals surface area contributed by atoms with Crippen molar-refractivity contribution in [2.75, 3.05) is 13.1 Å². The molecule has 0 spiro atoms. The number of nitrogens with one attached hydrogen (secondary N) is 1. The van der Waals surface area contributed by atoms with Crippen LogP contribution in [0, 0.1) is 0 Å². The summed E-state index contributed by atoms with van der Waals surface area (Å²) in [5.41, 5.74) is 1.33. The fourth-order valence-corrected chi connectivity index (χ4v) is 3.41. The van der Waals surface area contributed by atoms with Gasteiger partial charge in [0.15, 0.2) is 0 Å². The zero-order chi connectivity index (χ0) is 15.7. The topological polar surface area (TPSA) is 15.3 Å². The van der Waals surface area contributed by atoms with Crippen LogP contribution in [0.15, 0.2) is 18.2 Å². The quantitative estimate of drug-likeness (QED) is 0.859. The molecule has 2 atom stereocenters. The summed E-state index contributed by atoms with van der Waals surface area (Å²) in [7, 11) is 0. The number of benzene rings is 1. The van der Waals surface area contributed by atoms with Crippen LogP contribution in [0.25, 0.3) is 0 Å². The fraction of sp³-hybridized carbons (Fsp3) is 0.647.